The molecule has 0 aliphatic carbocycles. The molecule has 18 heavy (non-hydrogen) atoms. The number of aromatic hydroxyl groups is 1. The lowest BCUT2D eigenvalue weighted by atomic mass is 9.78. The van der Waals surface area contributed by atoms with E-state index in [0.29, 0.717) is 11.9 Å². The fourth-order valence-electron chi connectivity index (χ4n) is 2.03. The van der Waals surface area contributed by atoms with Gasteiger partial charge in [0.05, 0.1) is 0 Å². The number of phenolic OH excluding ortho intramolecular Hbond substituents is 1. The second-order valence-corrected chi connectivity index (χ2v) is 7.54. The van der Waals surface area contributed by atoms with E-state index in [1.54, 1.807) is 0 Å². The van der Waals surface area contributed by atoms with E-state index in [1.807, 2.05) is 12.1 Å². The highest BCUT2D eigenvalue weighted by Gasteiger charge is 2.26. The van der Waals surface area contributed by atoms with Crippen LogP contribution in [0.5, 0.6) is 5.75 Å². The van der Waals surface area contributed by atoms with Crippen molar-refractivity contribution in [1.82, 2.24) is 0 Å². The molecule has 0 radical (unpaired) electrons. The zero-order valence-corrected chi connectivity index (χ0v) is 13.3. The Morgan fingerprint density at radius 2 is 1.33 bits per heavy atom. The molecule has 1 aromatic carbocycles. The molecule has 102 valence electrons. The normalized spacial score (nSPS) is 13.5. The van der Waals surface area contributed by atoms with Crippen LogP contribution in [0.4, 0.5) is 0 Å². The summed E-state index contributed by atoms with van der Waals surface area (Å²) in [6, 6.07) is 4.04. The van der Waals surface area contributed by atoms with Crippen molar-refractivity contribution in [1.29, 1.82) is 0 Å². The Balaban J connectivity index is 3.48. The van der Waals surface area contributed by atoms with Gasteiger partial charge in [-0.15, -0.1) is 0 Å². The lowest BCUT2D eigenvalue weighted by molar-refractivity contribution is 0.423. The molecule has 0 aromatic heterocycles. The number of benzene rings is 1. The van der Waals surface area contributed by atoms with Gasteiger partial charge in [-0.1, -0.05) is 53.7 Å². The van der Waals surface area contributed by atoms with E-state index >= 15 is 0 Å². The van der Waals surface area contributed by atoms with Crippen LogP contribution in [0.25, 0.3) is 0 Å². The molecule has 0 saturated carbocycles. The van der Waals surface area contributed by atoms with Gasteiger partial charge in [-0.25, -0.2) is 0 Å². The van der Waals surface area contributed by atoms with Crippen LogP contribution in [0, 0.1) is 0 Å². The van der Waals surface area contributed by atoms with Crippen LogP contribution in [0.15, 0.2) is 12.1 Å². The Bertz CT molecular complexity index is 390. The molecule has 0 bridgehead atoms. The smallest absolute Gasteiger partial charge is 0.123 e. The van der Waals surface area contributed by atoms with Crippen molar-refractivity contribution in [3.05, 3.63) is 28.8 Å². The predicted molar refractivity (Wildman–Crippen MR) is 79.7 cm³/mol. The van der Waals surface area contributed by atoms with Crippen LogP contribution in [0.2, 0.25) is 0 Å². The van der Waals surface area contributed by atoms with Crippen LogP contribution in [0.3, 0.4) is 0 Å². The average molecular weight is 268 g/mol. The first-order valence-electron chi connectivity index (χ1n) is 6.31. The maximum absolute atomic E-state index is 10.5. The summed E-state index contributed by atoms with van der Waals surface area (Å²) in [4.78, 5) is 9.14. The van der Waals surface area contributed by atoms with Crippen molar-refractivity contribution in [2.24, 2.45) is 0 Å². The third kappa shape index (κ3) is 3.46. The molecule has 0 saturated heterocycles. The van der Waals surface area contributed by atoms with E-state index in [4.69, 9.17) is 4.89 Å². The summed E-state index contributed by atoms with van der Waals surface area (Å²) < 4.78 is 0. The highest BCUT2D eigenvalue weighted by molar-refractivity contribution is 7.30. The molecule has 1 aromatic rings. The highest BCUT2D eigenvalue weighted by Crippen LogP contribution is 2.40. The Morgan fingerprint density at radius 3 is 1.61 bits per heavy atom. The molecular formula is C15H25O2P. The molecule has 3 heteroatoms. The largest absolute Gasteiger partial charge is 0.507 e. The Hall–Kier alpha value is -0.590. The maximum atomic E-state index is 10.5. The monoisotopic (exact) mass is 268 g/mol. The van der Waals surface area contributed by atoms with Crippen molar-refractivity contribution < 1.29 is 10.00 Å². The Kier molecular flexibility index (Phi) is 4.46. The summed E-state index contributed by atoms with van der Waals surface area (Å²) in [7, 11) is -0.0901. The van der Waals surface area contributed by atoms with Crippen molar-refractivity contribution in [2.45, 2.75) is 58.5 Å². The molecule has 0 spiro atoms. The Morgan fingerprint density at radius 1 is 0.944 bits per heavy atom. The summed E-state index contributed by atoms with van der Waals surface area (Å²) in [6.07, 6.45) is 0.659. The number of rotatable bonds is 2. The molecular weight excluding hydrogens is 243 g/mol. The van der Waals surface area contributed by atoms with Gasteiger partial charge in [-0.3, -0.25) is 0 Å². The minimum absolute atomic E-state index is 0.0901. The summed E-state index contributed by atoms with van der Waals surface area (Å²) >= 11 is 0. The first-order valence-corrected chi connectivity index (χ1v) is 7.46. The molecule has 0 aliphatic heterocycles. The lowest BCUT2D eigenvalue weighted by Crippen LogP contribution is -2.17. The molecule has 1 rings (SSSR count). The molecule has 1 atom stereocenters. The number of hydrogen-bond donors (Lipinski definition) is 2. The quantitative estimate of drug-likeness (QED) is 0.794. The second kappa shape index (κ2) is 5.19. The minimum Gasteiger partial charge on any atom is -0.507 e. The molecule has 0 amide bonds. The van der Waals surface area contributed by atoms with Gasteiger partial charge < -0.3 is 10.00 Å². The maximum Gasteiger partial charge on any atom is 0.123 e. The highest BCUT2D eigenvalue weighted by atomic mass is 31.1. The average Bonchev–Trinajstić information content (AvgIpc) is 2.17. The number of phenols is 1. The molecule has 0 heterocycles. The molecule has 0 fully saturated rings. The van der Waals surface area contributed by atoms with Crippen LogP contribution in [-0.2, 0) is 17.0 Å². The van der Waals surface area contributed by atoms with E-state index in [2.05, 4.69) is 41.5 Å². The van der Waals surface area contributed by atoms with Gasteiger partial charge >= 0.3 is 0 Å². The van der Waals surface area contributed by atoms with E-state index in [0.717, 1.165) is 16.7 Å². The topological polar surface area (TPSA) is 40.5 Å². The molecule has 2 nitrogen and oxygen atoms in total. The SMILES string of the molecule is CC(C)(C)c1cc(CPO)cc(C(C)(C)C)c1O. The summed E-state index contributed by atoms with van der Waals surface area (Å²) in [5.74, 6) is 0.403. The molecule has 0 aliphatic rings. The second-order valence-electron chi connectivity index (χ2n) is 6.87. The first kappa shape index (κ1) is 15.5. The third-order valence-electron chi connectivity index (χ3n) is 3.07. The minimum atomic E-state index is -0.0986. The summed E-state index contributed by atoms with van der Waals surface area (Å²) in [5.41, 5.74) is 2.83. The van der Waals surface area contributed by atoms with Crippen LogP contribution in [0.1, 0.15) is 58.2 Å². The predicted octanol–water partition coefficient (Wildman–Crippen LogP) is 4.07. The number of hydrogen-bond acceptors (Lipinski definition) is 2. The third-order valence-corrected chi connectivity index (χ3v) is 3.64. The van der Waals surface area contributed by atoms with Crippen molar-refractivity contribution in [2.75, 3.05) is 0 Å². The lowest BCUT2D eigenvalue weighted by Gasteiger charge is -2.28. The van der Waals surface area contributed by atoms with Gasteiger partial charge in [-0.05, 0) is 27.5 Å². The van der Waals surface area contributed by atoms with Gasteiger partial charge in [0.2, 0.25) is 0 Å². The van der Waals surface area contributed by atoms with Crippen molar-refractivity contribution in [3.63, 3.8) is 0 Å². The van der Waals surface area contributed by atoms with Gasteiger partial charge in [0.1, 0.15) is 5.75 Å². The summed E-state index contributed by atoms with van der Waals surface area (Å²) in [5, 5.41) is 10.5. The van der Waals surface area contributed by atoms with Crippen molar-refractivity contribution >= 4 is 8.81 Å². The first-order chi connectivity index (χ1) is 8.07. The van der Waals surface area contributed by atoms with Crippen molar-refractivity contribution in [3.8, 4) is 5.75 Å². The van der Waals surface area contributed by atoms with Crippen LogP contribution in [-0.4, -0.2) is 10.00 Å². The van der Waals surface area contributed by atoms with E-state index in [9.17, 15) is 5.11 Å². The Labute approximate surface area is 112 Å². The van der Waals surface area contributed by atoms with Gasteiger partial charge in [0.25, 0.3) is 0 Å². The van der Waals surface area contributed by atoms with E-state index in [-0.39, 0.29) is 19.6 Å². The fraction of sp³-hybridized carbons (Fsp3) is 0.600. The van der Waals surface area contributed by atoms with E-state index in [1.165, 1.54) is 0 Å². The van der Waals surface area contributed by atoms with Gasteiger partial charge in [0.15, 0.2) is 0 Å². The van der Waals surface area contributed by atoms with Gasteiger partial charge in [0, 0.05) is 15.0 Å². The fourth-order valence-corrected chi connectivity index (χ4v) is 2.42. The standard InChI is InChI=1S/C15H25O2P/c1-14(2,3)11-7-10(9-18-17)8-12(13(11)16)15(4,5)6/h7-8,16-18H,9H2,1-6H3. The van der Waals surface area contributed by atoms with Gasteiger partial charge in [-0.2, -0.15) is 0 Å². The van der Waals surface area contributed by atoms with Crippen LogP contribution >= 0.6 is 8.81 Å². The molecule has 2 N–H and O–H groups in total. The zero-order valence-electron chi connectivity index (χ0n) is 12.3. The van der Waals surface area contributed by atoms with Crippen LogP contribution < -0.4 is 0 Å². The van der Waals surface area contributed by atoms with E-state index < -0.39 is 0 Å². The summed E-state index contributed by atoms with van der Waals surface area (Å²) in [6.45, 7) is 12.6. The zero-order chi connectivity index (χ0) is 14.1. The molecule has 1 unspecified atom stereocenters.